The molecule has 0 aliphatic carbocycles. The summed E-state index contributed by atoms with van der Waals surface area (Å²) in [5, 5.41) is 0. The smallest absolute Gasteiger partial charge is 0.213 e. The molecule has 2 heterocycles. The number of unbranched alkanes of at least 4 members (excludes halogenated alkanes) is 6. The molecular formula is C27H33F2N3O. The average Bonchev–Trinajstić information content (AvgIpc) is 2.85. The van der Waals surface area contributed by atoms with E-state index in [1.807, 2.05) is 6.07 Å². The third-order valence-corrected chi connectivity index (χ3v) is 5.67. The van der Waals surface area contributed by atoms with Crippen molar-refractivity contribution < 1.29 is 13.5 Å². The van der Waals surface area contributed by atoms with Crippen molar-refractivity contribution in [2.75, 3.05) is 6.61 Å². The molecule has 3 rings (SSSR count). The zero-order valence-corrected chi connectivity index (χ0v) is 19.6. The maximum Gasteiger partial charge on any atom is 0.213 e. The highest BCUT2D eigenvalue weighted by Crippen LogP contribution is 2.26. The van der Waals surface area contributed by atoms with Crippen LogP contribution in [0, 0.1) is 11.6 Å². The number of hydrogen-bond acceptors (Lipinski definition) is 4. The number of halogens is 2. The third kappa shape index (κ3) is 7.04. The molecule has 0 fully saturated rings. The standard InChI is InChI=1S/C27H33F2N3O/c1-3-5-7-8-9-10-11-20-12-14-23(26(29)25(20)28)27-31-18-22(19-32-27)21-13-15-24(30-17-21)33-16-6-4-2/h12-15,17-19H,3-11,16H2,1-2H3. The van der Waals surface area contributed by atoms with Crippen molar-refractivity contribution in [1.82, 2.24) is 15.0 Å². The topological polar surface area (TPSA) is 47.9 Å². The maximum absolute atomic E-state index is 14.7. The van der Waals surface area contributed by atoms with E-state index < -0.39 is 11.6 Å². The molecule has 4 nitrogen and oxygen atoms in total. The molecule has 3 aromatic rings. The van der Waals surface area contributed by atoms with Crippen LogP contribution >= 0.6 is 0 Å². The fourth-order valence-corrected chi connectivity index (χ4v) is 3.62. The molecule has 0 spiro atoms. The Morgan fingerprint density at radius 1 is 0.697 bits per heavy atom. The molecule has 6 heteroatoms. The Bertz CT molecular complexity index is 991. The number of hydrogen-bond donors (Lipinski definition) is 0. The second-order valence-corrected chi connectivity index (χ2v) is 8.30. The van der Waals surface area contributed by atoms with E-state index in [9.17, 15) is 8.78 Å². The van der Waals surface area contributed by atoms with Gasteiger partial charge < -0.3 is 4.74 Å². The fraction of sp³-hybridized carbons (Fsp3) is 0.444. The fourth-order valence-electron chi connectivity index (χ4n) is 3.62. The Balaban J connectivity index is 1.63. The van der Waals surface area contributed by atoms with Gasteiger partial charge in [-0.1, -0.05) is 58.4 Å². The van der Waals surface area contributed by atoms with E-state index in [0.29, 0.717) is 24.5 Å². The van der Waals surface area contributed by atoms with Gasteiger partial charge >= 0.3 is 0 Å². The summed E-state index contributed by atoms with van der Waals surface area (Å²) in [5.41, 5.74) is 2.05. The molecule has 0 atom stereocenters. The number of benzene rings is 1. The Morgan fingerprint density at radius 2 is 1.39 bits per heavy atom. The van der Waals surface area contributed by atoms with Crippen LogP contribution in [-0.4, -0.2) is 21.6 Å². The lowest BCUT2D eigenvalue weighted by Crippen LogP contribution is -2.00. The third-order valence-electron chi connectivity index (χ3n) is 5.67. The minimum absolute atomic E-state index is 0.0727. The Morgan fingerprint density at radius 3 is 2.09 bits per heavy atom. The summed E-state index contributed by atoms with van der Waals surface area (Å²) >= 11 is 0. The molecule has 0 bridgehead atoms. The van der Waals surface area contributed by atoms with Crippen LogP contribution in [0.4, 0.5) is 8.78 Å². The molecule has 0 radical (unpaired) electrons. The number of ether oxygens (including phenoxy) is 1. The normalized spacial score (nSPS) is 11.0. The van der Waals surface area contributed by atoms with E-state index in [4.69, 9.17) is 4.74 Å². The van der Waals surface area contributed by atoms with E-state index in [2.05, 4.69) is 28.8 Å². The average molecular weight is 454 g/mol. The van der Waals surface area contributed by atoms with E-state index in [1.165, 1.54) is 19.3 Å². The summed E-state index contributed by atoms with van der Waals surface area (Å²) < 4.78 is 34.9. The highest BCUT2D eigenvalue weighted by Gasteiger charge is 2.16. The van der Waals surface area contributed by atoms with Crippen molar-refractivity contribution in [3.05, 3.63) is 60.1 Å². The number of rotatable bonds is 13. The SMILES string of the molecule is CCCCCCCCc1ccc(-c2ncc(-c3ccc(OCCCC)nc3)cn2)c(F)c1F. The quantitative estimate of drug-likeness (QED) is 0.250. The van der Waals surface area contributed by atoms with Crippen LogP contribution in [-0.2, 0) is 6.42 Å². The number of aryl methyl sites for hydroxylation is 1. The van der Waals surface area contributed by atoms with Crippen LogP contribution in [0.2, 0.25) is 0 Å². The molecule has 1 aromatic carbocycles. The van der Waals surface area contributed by atoms with E-state index in [0.717, 1.165) is 43.2 Å². The van der Waals surface area contributed by atoms with Gasteiger partial charge in [0.25, 0.3) is 0 Å². The van der Waals surface area contributed by atoms with Crippen molar-refractivity contribution >= 4 is 0 Å². The summed E-state index contributed by atoms with van der Waals surface area (Å²) in [6, 6.07) is 6.91. The Kier molecular flexibility index (Phi) is 9.73. The number of aromatic nitrogens is 3. The molecule has 176 valence electrons. The first-order valence-electron chi connectivity index (χ1n) is 12.0. The van der Waals surface area contributed by atoms with Gasteiger partial charge in [-0.3, -0.25) is 0 Å². The molecule has 0 aliphatic rings. The van der Waals surface area contributed by atoms with Gasteiger partial charge in [-0.25, -0.2) is 23.7 Å². The van der Waals surface area contributed by atoms with Crippen LogP contribution < -0.4 is 4.74 Å². The predicted molar refractivity (Wildman–Crippen MR) is 128 cm³/mol. The summed E-state index contributed by atoms with van der Waals surface area (Å²) in [6.45, 7) is 4.92. The largest absolute Gasteiger partial charge is 0.478 e. The monoisotopic (exact) mass is 453 g/mol. The van der Waals surface area contributed by atoms with Gasteiger partial charge in [0.05, 0.1) is 12.2 Å². The summed E-state index contributed by atoms with van der Waals surface area (Å²) in [6.07, 6.45) is 14.1. The van der Waals surface area contributed by atoms with Gasteiger partial charge in [-0.2, -0.15) is 0 Å². The van der Waals surface area contributed by atoms with E-state index in [1.54, 1.807) is 36.8 Å². The van der Waals surface area contributed by atoms with Gasteiger partial charge in [0.2, 0.25) is 5.88 Å². The van der Waals surface area contributed by atoms with Gasteiger partial charge in [0.1, 0.15) is 0 Å². The minimum atomic E-state index is -0.888. The second-order valence-electron chi connectivity index (χ2n) is 8.30. The maximum atomic E-state index is 14.7. The molecule has 33 heavy (non-hydrogen) atoms. The van der Waals surface area contributed by atoms with E-state index in [-0.39, 0.29) is 11.4 Å². The molecule has 0 aliphatic heterocycles. The first-order chi connectivity index (χ1) is 16.1. The molecule has 0 N–H and O–H groups in total. The van der Waals surface area contributed by atoms with Gasteiger partial charge in [0, 0.05) is 35.8 Å². The molecular weight excluding hydrogens is 420 g/mol. The molecule has 0 unspecified atom stereocenters. The molecule has 0 saturated heterocycles. The highest BCUT2D eigenvalue weighted by molar-refractivity contribution is 5.63. The van der Waals surface area contributed by atoms with Crippen LogP contribution in [0.1, 0.15) is 70.8 Å². The van der Waals surface area contributed by atoms with Gasteiger partial charge in [-0.15, -0.1) is 0 Å². The Hall–Kier alpha value is -2.89. The second kappa shape index (κ2) is 13.0. The molecule has 2 aromatic heterocycles. The van der Waals surface area contributed by atoms with Crippen LogP contribution in [0.25, 0.3) is 22.5 Å². The van der Waals surface area contributed by atoms with Gasteiger partial charge in [-0.05, 0) is 37.0 Å². The lowest BCUT2D eigenvalue weighted by Gasteiger charge is -2.09. The van der Waals surface area contributed by atoms with Crippen molar-refractivity contribution in [2.24, 2.45) is 0 Å². The molecule has 0 amide bonds. The van der Waals surface area contributed by atoms with Crippen LogP contribution in [0.3, 0.4) is 0 Å². The first-order valence-corrected chi connectivity index (χ1v) is 12.0. The minimum Gasteiger partial charge on any atom is -0.478 e. The van der Waals surface area contributed by atoms with Crippen LogP contribution in [0.5, 0.6) is 5.88 Å². The summed E-state index contributed by atoms with van der Waals surface area (Å²) in [4.78, 5) is 12.8. The van der Waals surface area contributed by atoms with Crippen molar-refractivity contribution in [3.8, 4) is 28.4 Å². The molecule has 0 saturated carbocycles. The van der Waals surface area contributed by atoms with Crippen molar-refractivity contribution in [1.29, 1.82) is 0 Å². The van der Waals surface area contributed by atoms with Crippen LogP contribution in [0.15, 0.2) is 42.9 Å². The predicted octanol–water partition coefficient (Wildman–Crippen LogP) is 7.57. The zero-order valence-electron chi connectivity index (χ0n) is 19.6. The first kappa shape index (κ1) is 24.7. The van der Waals surface area contributed by atoms with Gasteiger partial charge in [0.15, 0.2) is 17.5 Å². The van der Waals surface area contributed by atoms with Crippen molar-refractivity contribution in [2.45, 2.75) is 71.6 Å². The Labute approximate surface area is 195 Å². The van der Waals surface area contributed by atoms with Crippen molar-refractivity contribution in [3.63, 3.8) is 0 Å². The number of nitrogens with zero attached hydrogens (tertiary/aromatic N) is 3. The number of pyridine rings is 1. The van der Waals surface area contributed by atoms with E-state index >= 15 is 0 Å². The lowest BCUT2D eigenvalue weighted by atomic mass is 10.0. The summed E-state index contributed by atoms with van der Waals surface area (Å²) in [7, 11) is 0. The summed E-state index contributed by atoms with van der Waals surface area (Å²) in [5.74, 6) is -0.949. The highest BCUT2D eigenvalue weighted by atomic mass is 19.2. The lowest BCUT2D eigenvalue weighted by molar-refractivity contribution is 0.298. The zero-order chi connectivity index (χ0) is 23.5.